The Morgan fingerprint density at radius 3 is 2.53 bits per heavy atom. The zero-order valence-corrected chi connectivity index (χ0v) is 22.0. The summed E-state index contributed by atoms with van der Waals surface area (Å²) in [7, 11) is -3.55. The summed E-state index contributed by atoms with van der Waals surface area (Å²) < 4.78 is 25.2. The van der Waals surface area contributed by atoms with Crippen molar-refractivity contribution in [1.82, 2.24) is 10.6 Å². The second kappa shape index (κ2) is 13.1. The van der Waals surface area contributed by atoms with Crippen molar-refractivity contribution >= 4 is 21.6 Å². The Hall–Kier alpha value is -2.62. The highest BCUT2D eigenvalue weighted by molar-refractivity contribution is 7.92. The summed E-state index contributed by atoms with van der Waals surface area (Å²) in [5.41, 5.74) is 2.60. The zero-order chi connectivity index (χ0) is 26.1. The van der Waals surface area contributed by atoms with Gasteiger partial charge < -0.3 is 20.8 Å². The first-order valence-electron chi connectivity index (χ1n) is 12.7. The summed E-state index contributed by atoms with van der Waals surface area (Å²) in [6.07, 6.45) is 7.47. The standard InChI is InChI=1S/C27H39N3O5S/c1-19(28-18-26(32)23-11-12-25(31)24(16-23)30-36(2,34)35)13-21-9-6-10-22(14-21)15-27(33)29-17-20-7-4-3-5-8-20/h6,9-12,14,16,19-20,26,28,30-32H,3-5,7-8,13,15,17-18H2,1-2H3,(H,29,33)/t19-,26-/m1/s1. The van der Waals surface area contributed by atoms with Crippen molar-refractivity contribution in [3.63, 3.8) is 0 Å². The molecule has 1 amide bonds. The molecule has 8 nitrogen and oxygen atoms in total. The van der Waals surface area contributed by atoms with Crippen LogP contribution in [0.5, 0.6) is 5.75 Å². The highest BCUT2D eigenvalue weighted by Crippen LogP contribution is 2.28. The number of nitrogens with one attached hydrogen (secondary N) is 3. The first kappa shape index (κ1) is 28.0. The van der Waals surface area contributed by atoms with Crippen molar-refractivity contribution in [1.29, 1.82) is 0 Å². The van der Waals surface area contributed by atoms with E-state index in [1.54, 1.807) is 6.07 Å². The minimum Gasteiger partial charge on any atom is -0.506 e. The van der Waals surface area contributed by atoms with Gasteiger partial charge in [0, 0.05) is 19.1 Å². The van der Waals surface area contributed by atoms with Crippen molar-refractivity contribution in [3.05, 3.63) is 59.2 Å². The quantitative estimate of drug-likeness (QED) is 0.275. The van der Waals surface area contributed by atoms with Crippen molar-refractivity contribution in [3.8, 4) is 5.75 Å². The van der Waals surface area contributed by atoms with Crippen LogP contribution in [0.3, 0.4) is 0 Å². The van der Waals surface area contributed by atoms with Gasteiger partial charge in [-0.25, -0.2) is 8.42 Å². The van der Waals surface area contributed by atoms with Gasteiger partial charge >= 0.3 is 0 Å². The molecule has 0 unspecified atom stereocenters. The number of sulfonamides is 1. The normalized spacial score (nSPS) is 16.3. The Balaban J connectivity index is 1.47. The number of aromatic hydroxyl groups is 1. The molecular weight excluding hydrogens is 478 g/mol. The fourth-order valence-electron chi connectivity index (χ4n) is 4.66. The van der Waals surface area contributed by atoms with Gasteiger partial charge in [-0.1, -0.05) is 49.6 Å². The zero-order valence-electron chi connectivity index (χ0n) is 21.2. The van der Waals surface area contributed by atoms with Crippen molar-refractivity contribution in [2.24, 2.45) is 5.92 Å². The summed E-state index contributed by atoms with van der Waals surface area (Å²) in [5, 5.41) is 26.8. The lowest BCUT2D eigenvalue weighted by molar-refractivity contribution is -0.120. The van der Waals surface area contributed by atoms with Crippen molar-refractivity contribution < 1.29 is 23.4 Å². The van der Waals surface area contributed by atoms with E-state index < -0.39 is 16.1 Å². The smallest absolute Gasteiger partial charge is 0.229 e. The van der Waals surface area contributed by atoms with Crippen LogP contribution in [0.15, 0.2) is 42.5 Å². The van der Waals surface area contributed by atoms with Gasteiger partial charge in [-0.2, -0.15) is 0 Å². The summed E-state index contributed by atoms with van der Waals surface area (Å²) in [6, 6.07) is 12.4. The van der Waals surface area contributed by atoms with Crippen LogP contribution in [-0.4, -0.2) is 49.9 Å². The summed E-state index contributed by atoms with van der Waals surface area (Å²) in [6.45, 7) is 3.05. The lowest BCUT2D eigenvalue weighted by atomic mass is 9.89. The number of rotatable bonds is 12. The molecule has 5 N–H and O–H groups in total. The Morgan fingerprint density at radius 2 is 1.81 bits per heavy atom. The molecule has 0 bridgehead atoms. The largest absolute Gasteiger partial charge is 0.506 e. The Morgan fingerprint density at radius 1 is 1.08 bits per heavy atom. The number of hydrogen-bond acceptors (Lipinski definition) is 6. The van der Waals surface area contributed by atoms with Gasteiger partial charge in [0.1, 0.15) is 5.75 Å². The van der Waals surface area contributed by atoms with E-state index in [4.69, 9.17) is 0 Å². The number of hydrogen-bond donors (Lipinski definition) is 5. The van der Waals surface area contributed by atoms with E-state index >= 15 is 0 Å². The van der Waals surface area contributed by atoms with Crippen molar-refractivity contribution in [2.45, 2.75) is 64.0 Å². The molecule has 0 aromatic heterocycles. The summed E-state index contributed by atoms with van der Waals surface area (Å²) >= 11 is 0. The molecule has 36 heavy (non-hydrogen) atoms. The molecule has 2 atom stereocenters. The van der Waals surface area contributed by atoms with E-state index in [0.717, 1.165) is 30.3 Å². The predicted molar refractivity (Wildman–Crippen MR) is 142 cm³/mol. The van der Waals surface area contributed by atoms with Crippen LogP contribution < -0.4 is 15.4 Å². The molecule has 1 fully saturated rings. The maximum absolute atomic E-state index is 12.4. The van der Waals surface area contributed by atoms with E-state index in [2.05, 4.69) is 21.4 Å². The molecule has 0 spiro atoms. The lowest BCUT2D eigenvalue weighted by Crippen LogP contribution is -2.32. The number of phenolic OH excluding ortho intramolecular Hbond substituents is 1. The molecule has 1 saturated carbocycles. The fourth-order valence-corrected chi connectivity index (χ4v) is 5.23. The number of anilines is 1. The molecule has 0 saturated heterocycles. The van der Waals surface area contributed by atoms with E-state index in [1.165, 1.54) is 44.2 Å². The van der Waals surface area contributed by atoms with Gasteiger partial charge in [0.25, 0.3) is 0 Å². The topological polar surface area (TPSA) is 128 Å². The molecule has 1 aliphatic rings. The third-order valence-corrected chi connectivity index (χ3v) is 7.16. The van der Waals surface area contributed by atoms with Crippen molar-refractivity contribution in [2.75, 3.05) is 24.1 Å². The molecule has 3 rings (SSSR count). The highest BCUT2D eigenvalue weighted by Gasteiger charge is 2.16. The first-order chi connectivity index (χ1) is 17.1. The van der Waals surface area contributed by atoms with Crippen LogP contribution in [0.25, 0.3) is 0 Å². The average molecular weight is 518 g/mol. The van der Waals surface area contributed by atoms with Crippen LogP contribution in [0.2, 0.25) is 0 Å². The Kier molecular flexibility index (Phi) is 10.2. The minimum atomic E-state index is -3.55. The van der Waals surface area contributed by atoms with Crippen LogP contribution in [0, 0.1) is 5.92 Å². The molecule has 1 aliphatic carbocycles. The molecule has 198 valence electrons. The van der Waals surface area contributed by atoms with Crippen LogP contribution in [-0.2, 0) is 27.7 Å². The van der Waals surface area contributed by atoms with Gasteiger partial charge in [-0.15, -0.1) is 0 Å². The monoisotopic (exact) mass is 517 g/mol. The van der Waals surface area contributed by atoms with E-state index in [-0.39, 0.29) is 29.9 Å². The maximum Gasteiger partial charge on any atom is 0.229 e. The Bertz CT molecular complexity index is 1120. The minimum absolute atomic E-state index is 0.0293. The van der Waals surface area contributed by atoms with E-state index in [1.807, 2.05) is 25.1 Å². The molecule has 2 aromatic carbocycles. The molecular formula is C27H39N3O5S. The number of carbonyl (C=O) groups is 1. The number of amides is 1. The number of benzene rings is 2. The molecule has 2 aromatic rings. The molecule has 0 aliphatic heterocycles. The third-order valence-electron chi connectivity index (χ3n) is 6.57. The second-order valence-corrected chi connectivity index (χ2v) is 11.7. The number of aliphatic hydroxyl groups excluding tert-OH is 1. The van der Waals surface area contributed by atoms with Crippen LogP contribution >= 0.6 is 0 Å². The van der Waals surface area contributed by atoms with Gasteiger partial charge in [-0.05, 0) is 60.9 Å². The number of phenols is 1. The average Bonchev–Trinajstić information content (AvgIpc) is 2.82. The van der Waals surface area contributed by atoms with E-state index in [0.29, 0.717) is 17.9 Å². The predicted octanol–water partition coefficient (Wildman–Crippen LogP) is 3.26. The van der Waals surface area contributed by atoms with Gasteiger partial charge in [-0.3, -0.25) is 9.52 Å². The fraction of sp³-hybridized carbons (Fsp3) is 0.519. The maximum atomic E-state index is 12.4. The second-order valence-electron chi connectivity index (χ2n) is 9.98. The summed E-state index contributed by atoms with van der Waals surface area (Å²) in [4.78, 5) is 12.4. The molecule has 0 heterocycles. The van der Waals surface area contributed by atoms with Crippen LogP contribution in [0.4, 0.5) is 5.69 Å². The summed E-state index contributed by atoms with van der Waals surface area (Å²) in [5.74, 6) is 0.464. The molecule has 9 heteroatoms. The Labute approximate surface area is 214 Å². The third kappa shape index (κ3) is 9.44. The van der Waals surface area contributed by atoms with Crippen LogP contribution in [0.1, 0.15) is 61.8 Å². The van der Waals surface area contributed by atoms with Gasteiger partial charge in [0.2, 0.25) is 15.9 Å². The first-order valence-corrected chi connectivity index (χ1v) is 14.5. The van der Waals surface area contributed by atoms with E-state index in [9.17, 15) is 23.4 Å². The molecule has 0 radical (unpaired) electrons. The lowest BCUT2D eigenvalue weighted by Gasteiger charge is -2.21. The van der Waals surface area contributed by atoms with Gasteiger partial charge in [0.05, 0.1) is 24.5 Å². The highest BCUT2D eigenvalue weighted by atomic mass is 32.2. The number of carbonyl (C=O) groups excluding carboxylic acids is 1. The van der Waals surface area contributed by atoms with Gasteiger partial charge in [0.15, 0.2) is 0 Å². The SMILES string of the molecule is C[C@H](Cc1cccc(CC(=O)NCC2CCCCC2)c1)NC[C@@H](O)c1ccc(O)c(NS(C)(=O)=O)c1. The number of aliphatic hydroxyl groups is 1.